The lowest BCUT2D eigenvalue weighted by molar-refractivity contribution is -0.122. The molecule has 0 aromatic heterocycles. The second-order valence-corrected chi connectivity index (χ2v) is 7.74. The molecule has 6 heteroatoms. The van der Waals surface area contributed by atoms with Gasteiger partial charge in [0, 0.05) is 19.3 Å². The molecule has 110 valence electrons. The highest BCUT2D eigenvalue weighted by Crippen LogP contribution is 2.36. The van der Waals surface area contributed by atoms with Crippen LogP contribution in [0.4, 0.5) is 5.69 Å². The van der Waals surface area contributed by atoms with E-state index >= 15 is 0 Å². The Morgan fingerprint density at radius 3 is 2.40 bits per heavy atom. The Morgan fingerprint density at radius 1 is 1.20 bits per heavy atom. The summed E-state index contributed by atoms with van der Waals surface area (Å²) >= 11 is 10.4. The Balaban J connectivity index is 2.15. The average molecular weight is 469 g/mol. The number of amides is 1. The first-order valence-corrected chi connectivity index (χ1v) is 9.06. The molecular formula is C14H17Br3N2O. The van der Waals surface area contributed by atoms with Gasteiger partial charge in [0.2, 0.25) is 5.91 Å². The molecule has 1 amide bonds. The zero-order valence-corrected chi connectivity index (χ0v) is 15.7. The van der Waals surface area contributed by atoms with E-state index in [1.807, 2.05) is 12.1 Å². The van der Waals surface area contributed by atoms with Gasteiger partial charge in [0.25, 0.3) is 0 Å². The molecule has 0 spiro atoms. The first kappa shape index (κ1) is 16.5. The van der Waals surface area contributed by atoms with Crippen molar-refractivity contribution >= 4 is 59.4 Å². The summed E-state index contributed by atoms with van der Waals surface area (Å²) in [5, 5.41) is 3.03. The maximum Gasteiger partial charge on any atom is 0.227 e. The van der Waals surface area contributed by atoms with E-state index in [0.717, 1.165) is 38.4 Å². The third-order valence-electron chi connectivity index (χ3n) is 3.80. The normalized spacial score (nSPS) is 22.6. The maximum absolute atomic E-state index is 12.5. The predicted octanol–water partition coefficient (Wildman–Crippen LogP) is 4.68. The molecule has 1 fully saturated rings. The van der Waals surface area contributed by atoms with Crippen molar-refractivity contribution in [2.45, 2.75) is 25.7 Å². The van der Waals surface area contributed by atoms with Crippen LogP contribution in [-0.4, -0.2) is 12.5 Å². The highest BCUT2D eigenvalue weighted by atomic mass is 79.9. The van der Waals surface area contributed by atoms with E-state index in [9.17, 15) is 4.79 Å². The molecule has 20 heavy (non-hydrogen) atoms. The molecule has 2 unspecified atom stereocenters. The zero-order chi connectivity index (χ0) is 14.7. The highest BCUT2D eigenvalue weighted by Gasteiger charge is 2.30. The number of carbonyl (C=O) groups is 1. The number of hydrogen-bond donors (Lipinski definition) is 2. The number of anilines is 1. The first-order chi connectivity index (χ1) is 9.52. The molecule has 1 aromatic carbocycles. The quantitative estimate of drug-likeness (QED) is 0.676. The van der Waals surface area contributed by atoms with Gasteiger partial charge in [-0.3, -0.25) is 4.79 Å². The SMILES string of the molecule is NCC1CCCCC1C(=O)Nc1c(Br)cc(Br)cc1Br. The summed E-state index contributed by atoms with van der Waals surface area (Å²) in [6.45, 7) is 0.584. The number of carbonyl (C=O) groups excluding carboxylic acids is 1. The lowest BCUT2D eigenvalue weighted by atomic mass is 9.78. The van der Waals surface area contributed by atoms with Crippen LogP contribution in [0.5, 0.6) is 0 Å². The van der Waals surface area contributed by atoms with Crippen LogP contribution in [0.1, 0.15) is 25.7 Å². The summed E-state index contributed by atoms with van der Waals surface area (Å²) < 4.78 is 2.66. The van der Waals surface area contributed by atoms with Gasteiger partial charge in [0.1, 0.15) is 0 Å². The Labute approximate surface area is 144 Å². The van der Waals surface area contributed by atoms with Crippen molar-refractivity contribution in [3.63, 3.8) is 0 Å². The van der Waals surface area contributed by atoms with E-state index in [2.05, 4.69) is 53.1 Å². The molecule has 0 heterocycles. The van der Waals surface area contributed by atoms with Crippen molar-refractivity contribution < 1.29 is 4.79 Å². The van der Waals surface area contributed by atoms with Crippen molar-refractivity contribution in [3.8, 4) is 0 Å². The van der Waals surface area contributed by atoms with E-state index in [1.165, 1.54) is 6.42 Å². The number of hydrogen-bond acceptors (Lipinski definition) is 2. The fourth-order valence-electron chi connectivity index (χ4n) is 2.71. The van der Waals surface area contributed by atoms with E-state index < -0.39 is 0 Å². The molecule has 0 radical (unpaired) electrons. The van der Waals surface area contributed by atoms with Crippen molar-refractivity contribution in [2.24, 2.45) is 17.6 Å². The molecule has 2 atom stereocenters. The number of rotatable bonds is 3. The van der Waals surface area contributed by atoms with Gasteiger partial charge < -0.3 is 11.1 Å². The van der Waals surface area contributed by atoms with E-state index in [-0.39, 0.29) is 11.8 Å². The van der Waals surface area contributed by atoms with Gasteiger partial charge in [0.05, 0.1) is 5.69 Å². The molecule has 1 saturated carbocycles. The van der Waals surface area contributed by atoms with Crippen LogP contribution in [0, 0.1) is 11.8 Å². The average Bonchev–Trinajstić information content (AvgIpc) is 2.42. The third-order valence-corrected chi connectivity index (χ3v) is 5.51. The molecule has 1 aliphatic rings. The minimum absolute atomic E-state index is 0.0243. The van der Waals surface area contributed by atoms with Crippen molar-refractivity contribution in [2.75, 3.05) is 11.9 Å². The van der Waals surface area contributed by atoms with Crippen LogP contribution in [0.3, 0.4) is 0 Å². The molecule has 1 aromatic rings. The maximum atomic E-state index is 12.5. The summed E-state index contributed by atoms with van der Waals surface area (Å²) in [4.78, 5) is 12.5. The van der Waals surface area contributed by atoms with Gasteiger partial charge in [0.15, 0.2) is 0 Å². The Kier molecular flexibility index (Phi) is 6.08. The van der Waals surface area contributed by atoms with Crippen LogP contribution in [0.15, 0.2) is 25.6 Å². The zero-order valence-electron chi connectivity index (χ0n) is 11.0. The van der Waals surface area contributed by atoms with Gasteiger partial charge >= 0.3 is 0 Å². The second-order valence-electron chi connectivity index (χ2n) is 5.12. The van der Waals surface area contributed by atoms with Crippen LogP contribution in [-0.2, 0) is 4.79 Å². The predicted molar refractivity (Wildman–Crippen MR) is 92.7 cm³/mol. The van der Waals surface area contributed by atoms with Crippen LogP contribution >= 0.6 is 47.8 Å². The minimum atomic E-state index is 0.0243. The molecule has 1 aliphatic carbocycles. The van der Waals surface area contributed by atoms with Crippen LogP contribution in [0.25, 0.3) is 0 Å². The van der Waals surface area contributed by atoms with Gasteiger partial charge in [-0.05, 0) is 69.3 Å². The largest absolute Gasteiger partial charge is 0.330 e. The molecule has 0 saturated heterocycles. The molecular weight excluding hydrogens is 452 g/mol. The van der Waals surface area contributed by atoms with Crippen LogP contribution in [0.2, 0.25) is 0 Å². The van der Waals surface area contributed by atoms with Gasteiger partial charge in [-0.1, -0.05) is 28.8 Å². The topological polar surface area (TPSA) is 55.1 Å². The molecule has 3 nitrogen and oxygen atoms in total. The number of nitrogens with two attached hydrogens (primary N) is 1. The Morgan fingerprint density at radius 2 is 1.80 bits per heavy atom. The van der Waals surface area contributed by atoms with E-state index in [4.69, 9.17) is 5.73 Å². The molecule has 3 N–H and O–H groups in total. The van der Waals surface area contributed by atoms with Crippen molar-refractivity contribution in [1.29, 1.82) is 0 Å². The minimum Gasteiger partial charge on any atom is -0.330 e. The van der Waals surface area contributed by atoms with E-state index in [0.29, 0.717) is 12.5 Å². The van der Waals surface area contributed by atoms with Gasteiger partial charge in [-0.25, -0.2) is 0 Å². The smallest absolute Gasteiger partial charge is 0.227 e. The lowest BCUT2D eigenvalue weighted by Gasteiger charge is -2.29. The first-order valence-electron chi connectivity index (χ1n) is 6.68. The summed E-state index contributed by atoms with van der Waals surface area (Å²) in [7, 11) is 0. The van der Waals surface area contributed by atoms with Gasteiger partial charge in [-0.2, -0.15) is 0 Å². The monoisotopic (exact) mass is 466 g/mol. The Hall–Kier alpha value is 0.0900. The summed E-state index contributed by atoms with van der Waals surface area (Å²) in [5.74, 6) is 0.400. The second kappa shape index (κ2) is 7.38. The van der Waals surface area contributed by atoms with Crippen molar-refractivity contribution in [1.82, 2.24) is 0 Å². The third kappa shape index (κ3) is 3.84. The molecule has 0 aliphatic heterocycles. The van der Waals surface area contributed by atoms with Crippen molar-refractivity contribution in [3.05, 3.63) is 25.6 Å². The fourth-order valence-corrected chi connectivity index (χ4v) is 5.17. The Bertz CT molecular complexity index is 484. The summed E-state index contributed by atoms with van der Waals surface area (Å²) in [6.07, 6.45) is 4.27. The molecule has 2 rings (SSSR count). The van der Waals surface area contributed by atoms with E-state index in [1.54, 1.807) is 0 Å². The lowest BCUT2D eigenvalue weighted by Crippen LogP contribution is -2.35. The van der Waals surface area contributed by atoms with Crippen LogP contribution < -0.4 is 11.1 Å². The standard InChI is InChI=1S/C14H17Br3N2O/c15-9-5-11(16)13(12(17)6-9)19-14(20)10-4-2-1-3-8(10)7-18/h5-6,8,10H,1-4,7,18H2,(H,19,20). The number of halogens is 3. The number of benzene rings is 1. The number of nitrogens with one attached hydrogen (secondary N) is 1. The molecule has 0 bridgehead atoms. The summed E-state index contributed by atoms with van der Waals surface area (Å²) in [5.41, 5.74) is 6.58. The highest BCUT2D eigenvalue weighted by molar-refractivity contribution is 9.11. The fraction of sp³-hybridized carbons (Fsp3) is 0.500. The van der Waals surface area contributed by atoms with Gasteiger partial charge in [-0.15, -0.1) is 0 Å². The summed E-state index contributed by atoms with van der Waals surface area (Å²) in [6, 6.07) is 3.84.